The SMILES string of the molecule is COc1cc2nc(N3CCC(N(C)C(=O)c4ccccc4)CC3)nc(N)c2cc1OC. The van der Waals surface area contributed by atoms with Crippen molar-refractivity contribution >= 4 is 28.6 Å². The summed E-state index contributed by atoms with van der Waals surface area (Å²) in [7, 11) is 5.05. The third kappa shape index (κ3) is 4.05. The van der Waals surface area contributed by atoms with Crippen LogP contribution < -0.4 is 20.1 Å². The van der Waals surface area contributed by atoms with E-state index in [1.165, 1.54) is 0 Å². The number of benzene rings is 2. The van der Waals surface area contributed by atoms with Crippen molar-refractivity contribution in [2.45, 2.75) is 18.9 Å². The average Bonchev–Trinajstić information content (AvgIpc) is 2.82. The molecule has 8 heteroatoms. The Kier molecular flexibility index (Phi) is 5.79. The molecule has 1 aliphatic heterocycles. The molecule has 0 radical (unpaired) electrons. The summed E-state index contributed by atoms with van der Waals surface area (Å²) in [5.74, 6) is 2.22. The first kappa shape index (κ1) is 20.7. The predicted molar refractivity (Wildman–Crippen MR) is 121 cm³/mol. The van der Waals surface area contributed by atoms with Gasteiger partial charge in [0.15, 0.2) is 11.5 Å². The zero-order chi connectivity index (χ0) is 22.0. The molecule has 1 saturated heterocycles. The maximum atomic E-state index is 12.7. The topological polar surface area (TPSA) is 93.8 Å². The number of hydrogen-bond acceptors (Lipinski definition) is 7. The summed E-state index contributed by atoms with van der Waals surface area (Å²) in [6.45, 7) is 1.49. The van der Waals surface area contributed by atoms with Crippen LogP contribution in [0.3, 0.4) is 0 Å². The summed E-state index contributed by atoms with van der Waals surface area (Å²) < 4.78 is 10.7. The second-order valence-corrected chi connectivity index (χ2v) is 7.63. The molecular formula is C23H27N5O3. The van der Waals surface area contributed by atoms with E-state index in [1.807, 2.05) is 48.3 Å². The zero-order valence-electron chi connectivity index (χ0n) is 18.0. The number of nitrogens with zero attached hydrogens (tertiary/aromatic N) is 4. The number of anilines is 2. The van der Waals surface area contributed by atoms with Gasteiger partial charge in [0.1, 0.15) is 5.82 Å². The number of hydrogen-bond donors (Lipinski definition) is 1. The van der Waals surface area contributed by atoms with Gasteiger partial charge in [0.2, 0.25) is 5.95 Å². The van der Waals surface area contributed by atoms with Crippen LogP contribution in [0.2, 0.25) is 0 Å². The molecule has 4 rings (SSSR count). The summed E-state index contributed by atoms with van der Waals surface area (Å²) in [5.41, 5.74) is 7.65. The summed E-state index contributed by atoms with van der Waals surface area (Å²) in [6.07, 6.45) is 1.67. The summed E-state index contributed by atoms with van der Waals surface area (Å²) in [5, 5.41) is 0.726. The van der Waals surface area contributed by atoms with Crippen molar-refractivity contribution in [2.24, 2.45) is 0 Å². The standard InChI is InChI=1S/C23H27N5O3/c1-27(22(29)15-7-5-4-6-8-15)16-9-11-28(12-10-16)23-25-18-14-20(31-3)19(30-2)13-17(18)21(24)26-23/h4-8,13-14,16H,9-12H2,1-3H3,(H2,24,25,26). The fourth-order valence-electron chi connectivity index (χ4n) is 4.01. The summed E-state index contributed by atoms with van der Waals surface area (Å²) in [6, 6.07) is 13.2. The third-order valence-electron chi connectivity index (χ3n) is 5.85. The molecule has 0 aliphatic carbocycles. The van der Waals surface area contributed by atoms with Gasteiger partial charge in [-0.2, -0.15) is 4.98 Å². The first-order chi connectivity index (χ1) is 15.0. The maximum Gasteiger partial charge on any atom is 0.253 e. The molecule has 0 unspecified atom stereocenters. The van der Waals surface area contributed by atoms with E-state index in [1.54, 1.807) is 20.3 Å². The van der Waals surface area contributed by atoms with Crippen LogP contribution >= 0.6 is 0 Å². The van der Waals surface area contributed by atoms with E-state index in [4.69, 9.17) is 20.2 Å². The number of carbonyl (C=O) groups is 1. The molecule has 162 valence electrons. The van der Waals surface area contributed by atoms with Gasteiger partial charge in [-0.05, 0) is 31.0 Å². The van der Waals surface area contributed by atoms with Gasteiger partial charge in [0, 0.05) is 43.2 Å². The zero-order valence-corrected chi connectivity index (χ0v) is 18.0. The largest absolute Gasteiger partial charge is 0.493 e. The molecule has 8 nitrogen and oxygen atoms in total. The molecule has 0 bridgehead atoms. The van der Waals surface area contributed by atoms with Gasteiger partial charge in [-0.1, -0.05) is 18.2 Å². The van der Waals surface area contributed by atoms with E-state index >= 15 is 0 Å². The van der Waals surface area contributed by atoms with Crippen LogP contribution in [0.25, 0.3) is 10.9 Å². The molecule has 3 aromatic rings. The number of nitrogen functional groups attached to an aromatic ring is 1. The molecule has 2 heterocycles. The van der Waals surface area contributed by atoms with Gasteiger partial charge in [-0.25, -0.2) is 4.98 Å². The first-order valence-electron chi connectivity index (χ1n) is 10.3. The fraction of sp³-hybridized carbons (Fsp3) is 0.348. The van der Waals surface area contributed by atoms with Crippen molar-refractivity contribution in [3.8, 4) is 11.5 Å². The Bertz CT molecular complexity index is 1080. The van der Waals surface area contributed by atoms with Crippen LogP contribution in [-0.4, -0.2) is 61.2 Å². The van der Waals surface area contributed by atoms with E-state index in [2.05, 4.69) is 9.88 Å². The highest BCUT2D eigenvalue weighted by Crippen LogP contribution is 2.34. The number of amides is 1. The van der Waals surface area contributed by atoms with Crippen molar-refractivity contribution in [3.05, 3.63) is 48.0 Å². The molecule has 2 N–H and O–H groups in total. The third-order valence-corrected chi connectivity index (χ3v) is 5.85. The van der Waals surface area contributed by atoms with Crippen molar-refractivity contribution in [1.82, 2.24) is 14.9 Å². The minimum absolute atomic E-state index is 0.0475. The van der Waals surface area contributed by atoms with E-state index < -0.39 is 0 Å². The highest BCUT2D eigenvalue weighted by atomic mass is 16.5. The number of ether oxygens (including phenoxy) is 2. The fourth-order valence-corrected chi connectivity index (χ4v) is 4.01. The Labute approximate surface area is 181 Å². The quantitative estimate of drug-likeness (QED) is 0.677. The van der Waals surface area contributed by atoms with E-state index in [9.17, 15) is 4.79 Å². The lowest BCUT2D eigenvalue weighted by Crippen LogP contribution is -2.46. The van der Waals surface area contributed by atoms with Gasteiger partial charge < -0.3 is 25.0 Å². The number of aromatic nitrogens is 2. The highest BCUT2D eigenvalue weighted by Gasteiger charge is 2.27. The Morgan fingerprint density at radius 1 is 1.06 bits per heavy atom. The molecule has 0 spiro atoms. The van der Waals surface area contributed by atoms with Gasteiger partial charge in [0.25, 0.3) is 5.91 Å². The second kappa shape index (κ2) is 8.67. The molecular weight excluding hydrogens is 394 g/mol. The summed E-state index contributed by atoms with van der Waals surface area (Å²) >= 11 is 0. The minimum Gasteiger partial charge on any atom is -0.493 e. The van der Waals surface area contributed by atoms with E-state index in [0.29, 0.717) is 34.3 Å². The van der Waals surface area contributed by atoms with Gasteiger partial charge in [-0.3, -0.25) is 4.79 Å². The Hall–Kier alpha value is -3.55. The smallest absolute Gasteiger partial charge is 0.253 e. The molecule has 31 heavy (non-hydrogen) atoms. The van der Waals surface area contributed by atoms with Crippen molar-refractivity contribution in [2.75, 3.05) is 45.0 Å². The molecule has 1 amide bonds. The Balaban J connectivity index is 1.50. The summed E-state index contributed by atoms with van der Waals surface area (Å²) in [4.78, 5) is 25.9. The highest BCUT2D eigenvalue weighted by molar-refractivity contribution is 5.94. The van der Waals surface area contributed by atoms with E-state index in [0.717, 1.165) is 31.3 Å². The molecule has 1 aliphatic rings. The van der Waals surface area contributed by atoms with Gasteiger partial charge in [-0.15, -0.1) is 0 Å². The lowest BCUT2D eigenvalue weighted by Gasteiger charge is -2.37. The number of methoxy groups -OCH3 is 2. The van der Waals surface area contributed by atoms with Crippen LogP contribution in [-0.2, 0) is 0 Å². The number of rotatable bonds is 5. The molecule has 0 atom stereocenters. The minimum atomic E-state index is 0.0475. The molecule has 2 aromatic carbocycles. The van der Waals surface area contributed by atoms with Crippen molar-refractivity contribution in [1.29, 1.82) is 0 Å². The van der Waals surface area contributed by atoms with Gasteiger partial charge >= 0.3 is 0 Å². The number of fused-ring (bicyclic) bond motifs is 1. The lowest BCUT2D eigenvalue weighted by atomic mass is 10.0. The van der Waals surface area contributed by atoms with Crippen LogP contribution in [0, 0.1) is 0 Å². The van der Waals surface area contributed by atoms with Crippen LogP contribution in [0.4, 0.5) is 11.8 Å². The van der Waals surface area contributed by atoms with Crippen LogP contribution in [0.15, 0.2) is 42.5 Å². The lowest BCUT2D eigenvalue weighted by molar-refractivity contribution is 0.0709. The van der Waals surface area contributed by atoms with Crippen LogP contribution in [0.5, 0.6) is 11.5 Å². The Morgan fingerprint density at radius 2 is 1.71 bits per heavy atom. The molecule has 1 aromatic heterocycles. The van der Waals surface area contributed by atoms with Crippen molar-refractivity contribution < 1.29 is 14.3 Å². The number of carbonyl (C=O) groups excluding carboxylic acids is 1. The van der Waals surface area contributed by atoms with Gasteiger partial charge in [0.05, 0.1) is 19.7 Å². The monoisotopic (exact) mass is 421 g/mol. The van der Waals surface area contributed by atoms with Crippen LogP contribution in [0.1, 0.15) is 23.2 Å². The Morgan fingerprint density at radius 3 is 2.35 bits per heavy atom. The van der Waals surface area contributed by atoms with Crippen molar-refractivity contribution in [3.63, 3.8) is 0 Å². The second-order valence-electron chi connectivity index (χ2n) is 7.63. The average molecular weight is 422 g/mol. The first-order valence-corrected chi connectivity index (χ1v) is 10.3. The van der Waals surface area contributed by atoms with E-state index in [-0.39, 0.29) is 11.9 Å². The molecule has 1 fully saturated rings. The predicted octanol–water partition coefficient (Wildman–Crippen LogP) is 2.97. The molecule has 0 saturated carbocycles. The number of nitrogens with two attached hydrogens (primary N) is 1. The maximum absolute atomic E-state index is 12.7. The number of piperidine rings is 1. The normalized spacial score (nSPS) is 14.5.